The molecule has 2 aliphatic rings. The van der Waals surface area contributed by atoms with Crippen molar-refractivity contribution in [2.24, 2.45) is 5.92 Å². The number of rotatable bonds is 4. The normalized spacial score (nSPS) is 18.3. The highest BCUT2D eigenvalue weighted by molar-refractivity contribution is 5.97. The fourth-order valence-electron chi connectivity index (χ4n) is 3.63. The summed E-state index contributed by atoms with van der Waals surface area (Å²) in [5.74, 6) is 0.458. The van der Waals surface area contributed by atoms with Gasteiger partial charge in [0, 0.05) is 37.2 Å². The molecular formula is C17H23ClN4O2. The average molecular weight is 351 g/mol. The summed E-state index contributed by atoms with van der Waals surface area (Å²) < 4.78 is 1.87. The standard InChI is InChI=1S/C17H22N4O2.ClH/c22-16(19-10-11-8-18-9-11)12-5-6-15-14(7-12)20-17(23)21(15)13-3-1-2-4-13;/h5-7,11,13,18H,1-4,8-10H2,(H,19,22)(H,20,23);1H. The van der Waals surface area contributed by atoms with E-state index in [-0.39, 0.29) is 24.0 Å². The number of hydrogen-bond acceptors (Lipinski definition) is 3. The van der Waals surface area contributed by atoms with E-state index < -0.39 is 0 Å². The van der Waals surface area contributed by atoms with Gasteiger partial charge in [0.1, 0.15) is 0 Å². The van der Waals surface area contributed by atoms with Crippen LogP contribution in [0.25, 0.3) is 11.0 Å². The fourth-order valence-corrected chi connectivity index (χ4v) is 3.63. The number of amides is 1. The van der Waals surface area contributed by atoms with Crippen LogP contribution in [0, 0.1) is 5.92 Å². The summed E-state index contributed by atoms with van der Waals surface area (Å²) in [4.78, 5) is 27.4. The zero-order valence-corrected chi connectivity index (χ0v) is 14.3. The number of H-pyrrole nitrogens is 1. The lowest BCUT2D eigenvalue weighted by Crippen LogP contribution is -2.48. The van der Waals surface area contributed by atoms with Crippen LogP contribution < -0.4 is 16.3 Å². The summed E-state index contributed by atoms with van der Waals surface area (Å²) in [6.07, 6.45) is 4.48. The molecule has 3 N–H and O–H groups in total. The second-order valence-corrected chi connectivity index (χ2v) is 6.70. The SMILES string of the molecule is Cl.O=C(NCC1CNC1)c1ccc2c(c1)[nH]c(=O)n2C1CCCC1. The van der Waals surface area contributed by atoms with Gasteiger partial charge in [-0.2, -0.15) is 0 Å². The minimum atomic E-state index is -0.0757. The number of aromatic amines is 1. The van der Waals surface area contributed by atoms with E-state index in [0.717, 1.165) is 37.0 Å². The van der Waals surface area contributed by atoms with Crippen molar-refractivity contribution in [1.82, 2.24) is 20.2 Å². The zero-order valence-electron chi connectivity index (χ0n) is 13.5. The number of nitrogens with zero attached hydrogens (tertiary/aromatic N) is 1. The predicted molar refractivity (Wildman–Crippen MR) is 96.0 cm³/mol. The van der Waals surface area contributed by atoms with Gasteiger partial charge >= 0.3 is 5.69 Å². The van der Waals surface area contributed by atoms with Crippen LogP contribution in [-0.2, 0) is 0 Å². The summed E-state index contributed by atoms with van der Waals surface area (Å²) in [6, 6.07) is 5.79. The van der Waals surface area contributed by atoms with Gasteiger partial charge in [-0.3, -0.25) is 9.36 Å². The molecule has 0 radical (unpaired) electrons. The quantitative estimate of drug-likeness (QED) is 0.787. The number of aromatic nitrogens is 2. The Morgan fingerprint density at radius 2 is 2.00 bits per heavy atom. The van der Waals surface area contributed by atoms with Crippen LogP contribution in [0.2, 0.25) is 0 Å². The molecule has 4 rings (SSSR count). The Hall–Kier alpha value is -1.79. The molecule has 0 bridgehead atoms. The third-order valence-electron chi connectivity index (χ3n) is 5.09. The van der Waals surface area contributed by atoms with E-state index in [1.54, 1.807) is 6.07 Å². The van der Waals surface area contributed by atoms with E-state index in [4.69, 9.17) is 0 Å². The van der Waals surface area contributed by atoms with Crippen molar-refractivity contribution in [3.05, 3.63) is 34.2 Å². The van der Waals surface area contributed by atoms with Crippen molar-refractivity contribution < 1.29 is 4.79 Å². The minimum absolute atomic E-state index is 0. The molecule has 2 heterocycles. The monoisotopic (exact) mass is 350 g/mol. The number of benzene rings is 1. The Morgan fingerprint density at radius 1 is 1.25 bits per heavy atom. The molecular weight excluding hydrogens is 328 g/mol. The van der Waals surface area contributed by atoms with Crippen LogP contribution in [-0.4, -0.2) is 35.1 Å². The predicted octanol–water partition coefficient (Wildman–Crippen LogP) is 1.82. The number of hydrogen-bond donors (Lipinski definition) is 3. The highest BCUT2D eigenvalue weighted by atomic mass is 35.5. The molecule has 24 heavy (non-hydrogen) atoms. The van der Waals surface area contributed by atoms with E-state index in [9.17, 15) is 9.59 Å². The summed E-state index contributed by atoms with van der Waals surface area (Å²) >= 11 is 0. The molecule has 1 saturated carbocycles. The van der Waals surface area contributed by atoms with E-state index in [0.29, 0.717) is 24.1 Å². The molecule has 1 aliphatic carbocycles. The van der Waals surface area contributed by atoms with Gasteiger partial charge in [-0.1, -0.05) is 12.8 Å². The summed E-state index contributed by atoms with van der Waals surface area (Å²) in [7, 11) is 0. The van der Waals surface area contributed by atoms with Crippen molar-refractivity contribution in [2.75, 3.05) is 19.6 Å². The second kappa shape index (κ2) is 6.99. The van der Waals surface area contributed by atoms with Gasteiger partial charge in [-0.05, 0) is 31.0 Å². The van der Waals surface area contributed by atoms with Crippen LogP contribution in [0.5, 0.6) is 0 Å². The lowest BCUT2D eigenvalue weighted by Gasteiger charge is -2.27. The van der Waals surface area contributed by atoms with Crippen LogP contribution in [0.1, 0.15) is 42.1 Å². The first-order valence-corrected chi connectivity index (χ1v) is 8.45. The lowest BCUT2D eigenvalue weighted by molar-refractivity contribution is 0.0942. The van der Waals surface area contributed by atoms with Gasteiger partial charge in [-0.25, -0.2) is 4.79 Å². The van der Waals surface area contributed by atoms with Gasteiger partial charge in [0.15, 0.2) is 0 Å². The maximum absolute atomic E-state index is 12.3. The Bertz CT molecular complexity index is 787. The zero-order chi connectivity index (χ0) is 15.8. The van der Waals surface area contributed by atoms with E-state index in [1.165, 1.54) is 12.8 Å². The molecule has 7 heteroatoms. The van der Waals surface area contributed by atoms with Crippen molar-refractivity contribution >= 4 is 29.3 Å². The van der Waals surface area contributed by atoms with Crippen LogP contribution in [0.4, 0.5) is 0 Å². The van der Waals surface area contributed by atoms with Crippen LogP contribution in [0.15, 0.2) is 23.0 Å². The summed E-state index contributed by atoms with van der Waals surface area (Å²) in [6.45, 7) is 2.64. The Labute approximate surface area is 146 Å². The van der Waals surface area contributed by atoms with Crippen molar-refractivity contribution in [1.29, 1.82) is 0 Å². The number of nitrogens with one attached hydrogen (secondary N) is 3. The van der Waals surface area contributed by atoms with Crippen LogP contribution in [0.3, 0.4) is 0 Å². The van der Waals surface area contributed by atoms with E-state index in [2.05, 4.69) is 15.6 Å². The number of imidazole rings is 1. The van der Waals surface area contributed by atoms with Crippen molar-refractivity contribution in [3.8, 4) is 0 Å². The number of halogens is 1. The first kappa shape index (κ1) is 17.0. The maximum atomic E-state index is 12.3. The minimum Gasteiger partial charge on any atom is -0.352 e. The molecule has 1 aliphatic heterocycles. The molecule has 130 valence electrons. The molecule has 2 fully saturated rings. The number of carbonyl (C=O) groups is 1. The number of carbonyl (C=O) groups excluding carboxylic acids is 1. The van der Waals surface area contributed by atoms with Crippen molar-refractivity contribution in [3.63, 3.8) is 0 Å². The Morgan fingerprint density at radius 3 is 2.67 bits per heavy atom. The van der Waals surface area contributed by atoms with Crippen LogP contribution >= 0.6 is 12.4 Å². The topological polar surface area (TPSA) is 78.9 Å². The fraction of sp³-hybridized carbons (Fsp3) is 0.529. The third-order valence-corrected chi connectivity index (χ3v) is 5.09. The first-order valence-electron chi connectivity index (χ1n) is 8.45. The first-order chi connectivity index (χ1) is 11.2. The highest BCUT2D eigenvalue weighted by Gasteiger charge is 2.22. The molecule has 0 spiro atoms. The van der Waals surface area contributed by atoms with Gasteiger partial charge in [-0.15, -0.1) is 12.4 Å². The maximum Gasteiger partial charge on any atom is 0.326 e. The Balaban J connectivity index is 0.00000169. The molecule has 1 amide bonds. The van der Waals surface area contributed by atoms with Gasteiger partial charge in [0.05, 0.1) is 11.0 Å². The Kier molecular flexibility index (Phi) is 4.96. The highest BCUT2D eigenvalue weighted by Crippen LogP contribution is 2.30. The van der Waals surface area contributed by atoms with Gasteiger partial charge < -0.3 is 15.6 Å². The summed E-state index contributed by atoms with van der Waals surface area (Å²) in [5.41, 5.74) is 2.19. The molecule has 1 aromatic heterocycles. The smallest absolute Gasteiger partial charge is 0.326 e. The van der Waals surface area contributed by atoms with Crippen molar-refractivity contribution in [2.45, 2.75) is 31.7 Å². The number of fused-ring (bicyclic) bond motifs is 1. The molecule has 0 atom stereocenters. The van der Waals surface area contributed by atoms with Gasteiger partial charge in [0.2, 0.25) is 0 Å². The molecule has 2 aromatic rings. The second-order valence-electron chi connectivity index (χ2n) is 6.70. The molecule has 1 aromatic carbocycles. The molecule has 6 nitrogen and oxygen atoms in total. The summed E-state index contributed by atoms with van der Waals surface area (Å²) in [5, 5.41) is 6.16. The lowest BCUT2D eigenvalue weighted by atomic mass is 10.0. The van der Waals surface area contributed by atoms with E-state index >= 15 is 0 Å². The third kappa shape index (κ3) is 3.08. The van der Waals surface area contributed by atoms with E-state index in [1.807, 2.05) is 16.7 Å². The largest absolute Gasteiger partial charge is 0.352 e. The molecule has 1 saturated heterocycles. The van der Waals surface area contributed by atoms with Gasteiger partial charge in [0.25, 0.3) is 5.91 Å². The average Bonchev–Trinajstić information content (AvgIpc) is 3.10. The molecule has 0 unspecified atom stereocenters.